The normalized spacial score (nSPS) is 12.6. The number of rotatable bonds is 3. The lowest BCUT2D eigenvalue weighted by Crippen LogP contribution is -2.27. The zero-order valence-corrected chi connectivity index (χ0v) is 5.71. The van der Waals surface area contributed by atoms with Crippen LogP contribution in [0.1, 0.15) is 0 Å². The van der Waals surface area contributed by atoms with Crippen molar-refractivity contribution >= 4 is 14.3 Å². The Labute approximate surface area is 52.2 Å². The van der Waals surface area contributed by atoms with Crippen molar-refractivity contribution in [3.8, 4) is 0 Å². The maximum absolute atomic E-state index is 10.2. The summed E-state index contributed by atoms with van der Waals surface area (Å²) in [6.07, 6.45) is 0. The molecular weight excluding hydrogens is 147 g/mol. The second-order valence-corrected chi connectivity index (χ2v) is 2.13. The van der Waals surface area contributed by atoms with Gasteiger partial charge >= 0.3 is 14.3 Å². The predicted molar refractivity (Wildman–Crippen MR) is 29.8 cm³/mol. The fourth-order valence-corrected chi connectivity index (χ4v) is 0.401. The summed E-state index contributed by atoms with van der Waals surface area (Å²) < 4.78 is 18.4. The third-order valence-corrected chi connectivity index (χ3v) is 1.00. The summed E-state index contributed by atoms with van der Waals surface area (Å²) in [6.45, 7) is 0. The highest BCUT2D eigenvalue weighted by Crippen LogP contribution is 2.18. The first-order chi connectivity index (χ1) is 4.16. The Hall–Kier alpha value is -0.580. The number of hydrogen-bond acceptors (Lipinski definition) is 4. The maximum atomic E-state index is 10.2. The molecule has 3 N–H and O–H groups in total. The van der Waals surface area contributed by atoms with Crippen molar-refractivity contribution in [2.75, 3.05) is 7.11 Å². The van der Waals surface area contributed by atoms with Crippen molar-refractivity contribution in [1.29, 1.82) is 0 Å². The molecule has 0 aliphatic rings. The molecule has 0 radical (unpaired) electrons. The highest BCUT2D eigenvalue weighted by Gasteiger charge is 1.95. The number of urea groups is 1. The van der Waals surface area contributed by atoms with Crippen molar-refractivity contribution in [1.82, 2.24) is 5.48 Å². The van der Waals surface area contributed by atoms with E-state index in [1.807, 2.05) is 0 Å². The number of amides is 2. The Morgan fingerprint density at radius 3 is 2.67 bits per heavy atom. The smallest absolute Gasteiger partial charge is 0.340 e. The van der Waals surface area contributed by atoms with Crippen LogP contribution in [0.3, 0.4) is 0 Å². The molecule has 0 bridgehead atoms. The molecule has 1 unspecified atom stereocenters. The summed E-state index contributed by atoms with van der Waals surface area (Å²) in [5.74, 6) is 0. The SMILES string of the molecule is CO[PH](=O)ONC(N)=O. The van der Waals surface area contributed by atoms with Gasteiger partial charge in [0, 0.05) is 7.11 Å². The molecule has 9 heavy (non-hydrogen) atoms. The first-order valence-electron chi connectivity index (χ1n) is 1.97. The van der Waals surface area contributed by atoms with E-state index in [2.05, 4.69) is 14.9 Å². The minimum Gasteiger partial charge on any atom is -0.350 e. The summed E-state index contributed by atoms with van der Waals surface area (Å²) in [4.78, 5) is 9.83. The third kappa shape index (κ3) is 5.29. The van der Waals surface area contributed by atoms with Gasteiger partial charge in [0.05, 0.1) is 0 Å². The zero-order valence-electron chi connectivity index (χ0n) is 4.71. The van der Waals surface area contributed by atoms with Gasteiger partial charge in [0.25, 0.3) is 0 Å². The van der Waals surface area contributed by atoms with Crippen LogP contribution in [0.5, 0.6) is 0 Å². The number of primary amides is 1. The van der Waals surface area contributed by atoms with Crippen molar-refractivity contribution < 1.29 is 18.5 Å². The highest BCUT2D eigenvalue weighted by molar-refractivity contribution is 7.33. The van der Waals surface area contributed by atoms with E-state index in [1.54, 1.807) is 5.48 Å². The minimum absolute atomic E-state index is 0.912. The lowest BCUT2D eigenvalue weighted by molar-refractivity contribution is 0.170. The van der Waals surface area contributed by atoms with Crippen LogP contribution in [0, 0.1) is 0 Å². The third-order valence-electron chi connectivity index (χ3n) is 0.402. The van der Waals surface area contributed by atoms with Crippen molar-refractivity contribution in [3.63, 3.8) is 0 Å². The van der Waals surface area contributed by atoms with E-state index in [9.17, 15) is 9.36 Å². The minimum atomic E-state index is -2.59. The van der Waals surface area contributed by atoms with Gasteiger partial charge in [-0.1, -0.05) is 0 Å². The average molecular weight is 154 g/mol. The van der Waals surface area contributed by atoms with Crippen LogP contribution >= 0.6 is 8.25 Å². The second kappa shape index (κ2) is 4.31. The quantitative estimate of drug-likeness (QED) is 0.428. The molecule has 0 aromatic carbocycles. The van der Waals surface area contributed by atoms with E-state index >= 15 is 0 Å². The van der Waals surface area contributed by atoms with Gasteiger partial charge in [-0.05, 0) is 0 Å². The van der Waals surface area contributed by atoms with Gasteiger partial charge in [0.2, 0.25) is 0 Å². The van der Waals surface area contributed by atoms with Crippen LogP contribution in [-0.2, 0) is 13.7 Å². The van der Waals surface area contributed by atoms with Gasteiger partial charge < -0.3 is 10.3 Å². The van der Waals surface area contributed by atoms with Crippen LogP contribution in [0.25, 0.3) is 0 Å². The van der Waals surface area contributed by atoms with Gasteiger partial charge in [-0.25, -0.2) is 10.3 Å². The number of nitrogens with one attached hydrogen (secondary N) is 1. The lowest BCUT2D eigenvalue weighted by atomic mass is 11.2. The summed E-state index contributed by atoms with van der Waals surface area (Å²) in [7, 11) is -1.40. The Morgan fingerprint density at radius 1 is 1.78 bits per heavy atom. The van der Waals surface area contributed by atoms with Gasteiger partial charge in [-0.3, -0.25) is 4.57 Å². The van der Waals surface area contributed by atoms with Crippen molar-refractivity contribution in [2.45, 2.75) is 0 Å². The summed E-state index contributed by atoms with van der Waals surface area (Å²) >= 11 is 0. The molecule has 54 valence electrons. The summed E-state index contributed by atoms with van der Waals surface area (Å²) in [5.41, 5.74) is 6.19. The molecule has 0 aromatic rings. The molecular formula is C2H7N2O4P. The molecule has 0 aromatic heterocycles. The van der Waals surface area contributed by atoms with Crippen LogP contribution < -0.4 is 11.2 Å². The van der Waals surface area contributed by atoms with Gasteiger partial charge in [0.1, 0.15) is 0 Å². The Kier molecular flexibility index (Phi) is 4.04. The van der Waals surface area contributed by atoms with E-state index in [0.717, 1.165) is 0 Å². The number of carbonyl (C=O) groups is 1. The Balaban J connectivity index is 3.28. The Morgan fingerprint density at radius 2 is 2.33 bits per heavy atom. The fraction of sp³-hybridized carbons (Fsp3) is 0.500. The molecule has 0 saturated heterocycles. The molecule has 0 saturated carbocycles. The van der Waals surface area contributed by atoms with Gasteiger partial charge in [0.15, 0.2) is 0 Å². The summed E-state index contributed by atoms with van der Waals surface area (Å²) in [6, 6.07) is -0.912. The van der Waals surface area contributed by atoms with Crippen LogP contribution in [0.2, 0.25) is 0 Å². The number of hydroxylamine groups is 1. The van der Waals surface area contributed by atoms with E-state index in [-0.39, 0.29) is 0 Å². The molecule has 0 spiro atoms. The maximum Gasteiger partial charge on any atom is 0.340 e. The Bertz CT molecular complexity index is 126. The van der Waals surface area contributed by atoms with Crippen LogP contribution in [0.15, 0.2) is 0 Å². The molecule has 0 aliphatic carbocycles. The topological polar surface area (TPSA) is 90.7 Å². The zero-order chi connectivity index (χ0) is 7.28. The lowest BCUT2D eigenvalue weighted by Gasteiger charge is -1.98. The van der Waals surface area contributed by atoms with Gasteiger partial charge in [-0.15, -0.1) is 0 Å². The first kappa shape index (κ1) is 8.42. The predicted octanol–water partition coefficient (Wildman–Crippen LogP) is -0.378. The molecule has 0 fully saturated rings. The standard InChI is InChI=1S/C2H7N2O4P/c1-7-9(6)8-4-2(3)5/h9H,1H3,(H3,3,4,5). The molecule has 0 aliphatic heterocycles. The van der Waals surface area contributed by atoms with Crippen LogP contribution in [0.4, 0.5) is 4.79 Å². The average Bonchev–Trinajstić information content (AvgIpc) is 1.83. The largest absolute Gasteiger partial charge is 0.350 e. The van der Waals surface area contributed by atoms with E-state index < -0.39 is 14.3 Å². The number of hydrogen-bond donors (Lipinski definition) is 2. The molecule has 1 atom stereocenters. The monoisotopic (exact) mass is 154 g/mol. The molecule has 0 heterocycles. The number of nitrogens with two attached hydrogens (primary N) is 1. The number of carbonyl (C=O) groups excluding carboxylic acids is 1. The highest BCUT2D eigenvalue weighted by atomic mass is 31.1. The first-order valence-corrected chi connectivity index (χ1v) is 3.19. The second-order valence-electron chi connectivity index (χ2n) is 1.02. The van der Waals surface area contributed by atoms with Crippen molar-refractivity contribution in [2.24, 2.45) is 5.73 Å². The van der Waals surface area contributed by atoms with E-state index in [0.29, 0.717) is 0 Å². The molecule has 6 nitrogen and oxygen atoms in total. The fourth-order valence-electron chi connectivity index (χ4n) is 0.134. The van der Waals surface area contributed by atoms with Crippen molar-refractivity contribution in [3.05, 3.63) is 0 Å². The van der Waals surface area contributed by atoms with Crippen LogP contribution in [-0.4, -0.2) is 13.1 Å². The van der Waals surface area contributed by atoms with Gasteiger partial charge in [-0.2, -0.15) is 4.62 Å². The molecule has 0 rings (SSSR count). The molecule has 2 amide bonds. The van der Waals surface area contributed by atoms with E-state index in [4.69, 9.17) is 0 Å². The molecule has 7 heteroatoms. The summed E-state index contributed by atoms with van der Waals surface area (Å²) in [5, 5.41) is 0. The van der Waals surface area contributed by atoms with E-state index in [1.165, 1.54) is 7.11 Å².